The zero-order chi connectivity index (χ0) is 25.4. The van der Waals surface area contributed by atoms with E-state index in [0.29, 0.717) is 35.0 Å². The van der Waals surface area contributed by atoms with Crippen molar-refractivity contribution >= 4 is 33.2 Å². The number of anilines is 1. The minimum absolute atomic E-state index is 0.151. The van der Waals surface area contributed by atoms with Crippen molar-refractivity contribution in [3.05, 3.63) is 123 Å². The second-order valence-electron chi connectivity index (χ2n) is 9.56. The van der Waals surface area contributed by atoms with Gasteiger partial charge in [0.25, 0.3) is 0 Å². The number of allylic oxidation sites excluding steroid dienone is 2. The molecule has 3 atom stereocenters. The number of rotatable bonds is 6. The van der Waals surface area contributed by atoms with Crippen LogP contribution in [0.1, 0.15) is 35.1 Å². The number of halogens is 2. The highest BCUT2D eigenvalue weighted by atomic mass is 79.9. The van der Waals surface area contributed by atoms with E-state index in [4.69, 9.17) is 21.1 Å². The van der Waals surface area contributed by atoms with E-state index in [9.17, 15) is 0 Å². The Morgan fingerprint density at radius 2 is 1.76 bits per heavy atom. The highest BCUT2D eigenvalue weighted by Crippen LogP contribution is 2.52. The normalized spacial score (nSPS) is 19.6. The Balaban J connectivity index is 1.31. The van der Waals surface area contributed by atoms with Crippen LogP contribution in [0.2, 0.25) is 5.02 Å². The highest BCUT2D eigenvalue weighted by molar-refractivity contribution is 9.10. The topological polar surface area (TPSA) is 30.5 Å². The number of hydrogen-bond acceptors (Lipinski definition) is 3. The zero-order valence-corrected chi connectivity index (χ0v) is 22.8. The van der Waals surface area contributed by atoms with Gasteiger partial charge in [0, 0.05) is 22.2 Å². The Morgan fingerprint density at radius 3 is 2.57 bits per heavy atom. The standard InChI is InChI=1S/C32H27BrClNO2/c1-36-30-18-23(17-27(33)32(30)37-19-22-10-5-6-13-28(22)34)31-25-12-7-11-24(25)26-16-21(14-15-29(26)35-31)20-8-3-2-4-9-20/h2-11,13-18,24-25,31,35H,12,19H2,1H3/t24-,25-,31-/m0/s1. The van der Waals surface area contributed by atoms with Crippen molar-refractivity contribution in [2.45, 2.75) is 25.0 Å². The fourth-order valence-corrected chi connectivity index (χ4v) is 6.32. The smallest absolute Gasteiger partial charge is 0.175 e. The SMILES string of the molecule is COc1cc([C@@H]2Nc3ccc(-c4ccccc4)cc3[C@H]3C=CC[C@@H]32)cc(Br)c1OCc1ccccc1Cl. The summed E-state index contributed by atoms with van der Waals surface area (Å²) < 4.78 is 12.8. The zero-order valence-electron chi connectivity index (χ0n) is 20.5. The summed E-state index contributed by atoms with van der Waals surface area (Å²) in [5.41, 5.74) is 7.15. The molecule has 0 saturated carbocycles. The summed E-state index contributed by atoms with van der Waals surface area (Å²) >= 11 is 10.1. The molecule has 0 fully saturated rings. The molecule has 4 aromatic carbocycles. The van der Waals surface area contributed by atoms with E-state index in [0.717, 1.165) is 16.5 Å². The summed E-state index contributed by atoms with van der Waals surface area (Å²) in [4.78, 5) is 0. The van der Waals surface area contributed by atoms with Gasteiger partial charge in [0.05, 0.1) is 17.6 Å². The first-order chi connectivity index (χ1) is 18.1. The number of benzene rings is 4. The summed E-state index contributed by atoms with van der Waals surface area (Å²) in [5.74, 6) is 2.16. The largest absolute Gasteiger partial charge is 0.493 e. The van der Waals surface area contributed by atoms with E-state index in [-0.39, 0.29) is 6.04 Å². The lowest BCUT2D eigenvalue weighted by Crippen LogP contribution is -2.29. The molecule has 0 spiro atoms. The predicted molar refractivity (Wildman–Crippen MR) is 155 cm³/mol. The van der Waals surface area contributed by atoms with E-state index in [1.807, 2.05) is 24.3 Å². The molecule has 0 unspecified atom stereocenters. The summed E-state index contributed by atoms with van der Waals surface area (Å²) in [6.07, 6.45) is 5.73. The summed E-state index contributed by atoms with van der Waals surface area (Å²) in [6.45, 7) is 0.363. The van der Waals surface area contributed by atoms with Gasteiger partial charge in [0.1, 0.15) is 6.61 Å². The molecule has 6 rings (SSSR count). The van der Waals surface area contributed by atoms with E-state index >= 15 is 0 Å². The first kappa shape index (κ1) is 24.1. The number of nitrogens with one attached hydrogen (secondary N) is 1. The van der Waals surface area contributed by atoms with E-state index < -0.39 is 0 Å². The lowest BCUT2D eigenvalue weighted by molar-refractivity contribution is 0.282. The molecule has 1 aliphatic heterocycles. The lowest BCUT2D eigenvalue weighted by Gasteiger charge is -2.38. The van der Waals surface area contributed by atoms with Gasteiger partial charge in [0.15, 0.2) is 11.5 Å². The number of ether oxygens (including phenoxy) is 2. The molecule has 0 saturated heterocycles. The third-order valence-electron chi connectivity index (χ3n) is 7.41. The van der Waals surface area contributed by atoms with Crippen molar-refractivity contribution in [1.82, 2.24) is 0 Å². The Labute approximate surface area is 231 Å². The van der Waals surface area contributed by atoms with Gasteiger partial charge in [-0.3, -0.25) is 0 Å². The molecule has 0 aromatic heterocycles. The molecule has 0 radical (unpaired) electrons. The lowest BCUT2D eigenvalue weighted by atomic mass is 9.76. The van der Waals surface area contributed by atoms with Gasteiger partial charge in [-0.1, -0.05) is 78.4 Å². The Morgan fingerprint density at radius 1 is 0.946 bits per heavy atom. The monoisotopic (exact) mass is 571 g/mol. The van der Waals surface area contributed by atoms with E-state index in [1.165, 1.54) is 27.9 Å². The number of methoxy groups -OCH3 is 1. The Kier molecular flexibility index (Phi) is 6.71. The van der Waals surface area contributed by atoms with E-state index in [1.54, 1.807) is 7.11 Å². The molecule has 1 heterocycles. The van der Waals surface area contributed by atoms with E-state index in [2.05, 4.69) is 94.1 Å². The first-order valence-electron chi connectivity index (χ1n) is 12.5. The van der Waals surface area contributed by atoms with Crippen LogP contribution in [-0.2, 0) is 6.61 Å². The van der Waals surface area contributed by atoms with Gasteiger partial charge in [-0.25, -0.2) is 0 Å². The quantitative estimate of drug-likeness (QED) is 0.234. The minimum atomic E-state index is 0.151. The van der Waals surface area contributed by atoms with Gasteiger partial charge >= 0.3 is 0 Å². The number of hydrogen-bond donors (Lipinski definition) is 1. The first-order valence-corrected chi connectivity index (χ1v) is 13.7. The minimum Gasteiger partial charge on any atom is -0.493 e. The summed E-state index contributed by atoms with van der Waals surface area (Å²) in [7, 11) is 1.68. The van der Waals surface area contributed by atoms with Gasteiger partial charge in [-0.05, 0) is 80.9 Å². The van der Waals surface area contributed by atoms with Gasteiger partial charge in [0.2, 0.25) is 0 Å². The second-order valence-corrected chi connectivity index (χ2v) is 10.8. The maximum absolute atomic E-state index is 6.33. The maximum atomic E-state index is 6.33. The molecule has 5 heteroatoms. The van der Waals surface area contributed by atoms with Crippen molar-refractivity contribution in [3.63, 3.8) is 0 Å². The highest BCUT2D eigenvalue weighted by Gasteiger charge is 2.38. The van der Waals surface area contributed by atoms with Crippen LogP contribution >= 0.6 is 27.5 Å². The fourth-order valence-electron chi connectivity index (χ4n) is 5.56. The molecule has 1 aliphatic carbocycles. The van der Waals surface area contributed by atoms with Crippen LogP contribution in [0.5, 0.6) is 11.5 Å². The van der Waals surface area contributed by atoms with Crippen LogP contribution in [0, 0.1) is 5.92 Å². The fraction of sp³-hybridized carbons (Fsp3) is 0.188. The van der Waals surface area contributed by atoms with Crippen molar-refractivity contribution in [2.75, 3.05) is 12.4 Å². The maximum Gasteiger partial charge on any atom is 0.175 e. The van der Waals surface area contributed by atoms with Crippen molar-refractivity contribution in [3.8, 4) is 22.6 Å². The molecule has 2 aliphatic rings. The molecule has 1 N–H and O–H groups in total. The third kappa shape index (κ3) is 4.65. The van der Waals surface area contributed by atoms with Crippen molar-refractivity contribution < 1.29 is 9.47 Å². The van der Waals surface area contributed by atoms with Gasteiger partial charge in [-0.15, -0.1) is 0 Å². The summed E-state index contributed by atoms with van der Waals surface area (Å²) in [6, 6.07) is 29.5. The molecule has 37 heavy (non-hydrogen) atoms. The molecule has 0 bridgehead atoms. The molecule has 3 nitrogen and oxygen atoms in total. The van der Waals surface area contributed by atoms with Crippen LogP contribution in [0.4, 0.5) is 5.69 Å². The van der Waals surface area contributed by atoms with Crippen molar-refractivity contribution in [1.29, 1.82) is 0 Å². The average Bonchev–Trinajstić information content (AvgIpc) is 3.43. The van der Waals surface area contributed by atoms with Gasteiger partial charge < -0.3 is 14.8 Å². The molecular formula is C32H27BrClNO2. The van der Waals surface area contributed by atoms with Crippen molar-refractivity contribution in [2.24, 2.45) is 5.92 Å². The van der Waals surface area contributed by atoms with Crippen LogP contribution in [0.3, 0.4) is 0 Å². The van der Waals surface area contributed by atoms with Crippen LogP contribution in [0.25, 0.3) is 11.1 Å². The Bertz CT molecular complexity index is 1470. The molecule has 186 valence electrons. The number of fused-ring (bicyclic) bond motifs is 3. The van der Waals surface area contributed by atoms with Gasteiger partial charge in [-0.2, -0.15) is 0 Å². The molecule has 4 aromatic rings. The van der Waals surface area contributed by atoms with Crippen LogP contribution in [-0.4, -0.2) is 7.11 Å². The molecule has 0 amide bonds. The average molecular weight is 573 g/mol. The second kappa shape index (κ2) is 10.3. The molecular weight excluding hydrogens is 546 g/mol. The Hall–Kier alpha value is -3.21. The third-order valence-corrected chi connectivity index (χ3v) is 8.37. The summed E-state index contributed by atoms with van der Waals surface area (Å²) in [5, 5.41) is 4.54. The van der Waals surface area contributed by atoms with Crippen LogP contribution < -0.4 is 14.8 Å². The van der Waals surface area contributed by atoms with Crippen LogP contribution in [0.15, 0.2) is 102 Å². The predicted octanol–water partition coefficient (Wildman–Crippen LogP) is 9.18.